The molecule has 1 aliphatic heterocycles. The molecule has 0 radical (unpaired) electrons. The SMILES string of the molecule is CCCN1C(C)CN(c2ccc(Cl)cc2)CC1C. The van der Waals surface area contributed by atoms with E-state index >= 15 is 0 Å². The summed E-state index contributed by atoms with van der Waals surface area (Å²) in [5.41, 5.74) is 1.29. The second-order valence-electron chi connectivity index (χ2n) is 5.32. The Balaban J connectivity index is 2.07. The van der Waals surface area contributed by atoms with E-state index in [2.05, 4.69) is 42.7 Å². The van der Waals surface area contributed by atoms with Crippen LogP contribution in [-0.4, -0.2) is 36.6 Å². The normalized spacial score (nSPS) is 25.4. The molecule has 0 bridgehead atoms. The van der Waals surface area contributed by atoms with E-state index in [0.29, 0.717) is 12.1 Å². The Bertz CT molecular complexity index is 365. The highest BCUT2D eigenvalue weighted by Gasteiger charge is 2.28. The molecule has 0 spiro atoms. The van der Waals surface area contributed by atoms with Crippen LogP contribution in [0.2, 0.25) is 5.02 Å². The number of anilines is 1. The summed E-state index contributed by atoms with van der Waals surface area (Å²) < 4.78 is 0. The minimum Gasteiger partial charge on any atom is -0.368 e. The molecule has 1 aliphatic rings. The third-order valence-electron chi connectivity index (χ3n) is 3.78. The maximum atomic E-state index is 5.95. The van der Waals surface area contributed by atoms with Crippen molar-refractivity contribution >= 4 is 17.3 Å². The molecule has 3 heteroatoms. The predicted octanol–water partition coefficient (Wildman–Crippen LogP) is 3.65. The summed E-state index contributed by atoms with van der Waals surface area (Å²) in [6.45, 7) is 10.3. The minimum atomic E-state index is 0.615. The van der Waals surface area contributed by atoms with Crippen molar-refractivity contribution in [2.24, 2.45) is 0 Å². The van der Waals surface area contributed by atoms with Crippen molar-refractivity contribution in [3.63, 3.8) is 0 Å². The minimum absolute atomic E-state index is 0.615. The van der Waals surface area contributed by atoms with Crippen molar-refractivity contribution in [1.82, 2.24) is 4.90 Å². The van der Waals surface area contributed by atoms with Gasteiger partial charge in [0, 0.05) is 35.9 Å². The van der Waals surface area contributed by atoms with E-state index in [1.165, 1.54) is 18.7 Å². The molecule has 1 aromatic rings. The van der Waals surface area contributed by atoms with Gasteiger partial charge in [0.1, 0.15) is 0 Å². The van der Waals surface area contributed by atoms with Crippen LogP contribution in [0.3, 0.4) is 0 Å². The molecule has 0 aromatic heterocycles. The Hall–Kier alpha value is -0.730. The van der Waals surface area contributed by atoms with Gasteiger partial charge in [0.15, 0.2) is 0 Å². The van der Waals surface area contributed by atoms with Crippen molar-refractivity contribution in [2.75, 3.05) is 24.5 Å². The first-order chi connectivity index (χ1) is 8.61. The van der Waals surface area contributed by atoms with E-state index in [1.807, 2.05) is 12.1 Å². The van der Waals surface area contributed by atoms with E-state index in [4.69, 9.17) is 11.6 Å². The third kappa shape index (κ3) is 2.99. The van der Waals surface area contributed by atoms with Gasteiger partial charge in [-0.3, -0.25) is 4.90 Å². The molecule has 100 valence electrons. The summed E-state index contributed by atoms with van der Waals surface area (Å²) >= 11 is 5.95. The van der Waals surface area contributed by atoms with Crippen LogP contribution in [0, 0.1) is 0 Å². The Morgan fingerprint density at radius 1 is 1.11 bits per heavy atom. The lowest BCUT2D eigenvalue weighted by Crippen LogP contribution is -2.56. The van der Waals surface area contributed by atoms with Crippen LogP contribution < -0.4 is 4.90 Å². The summed E-state index contributed by atoms with van der Waals surface area (Å²) in [4.78, 5) is 5.09. The molecule has 1 saturated heterocycles. The van der Waals surface area contributed by atoms with E-state index in [1.54, 1.807) is 0 Å². The molecule has 2 nitrogen and oxygen atoms in total. The van der Waals surface area contributed by atoms with Crippen molar-refractivity contribution in [3.05, 3.63) is 29.3 Å². The molecule has 2 atom stereocenters. The number of rotatable bonds is 3. The predicted molar refractivity (Wildman–Crippen MR) is 79.6 cm³/mol. The first-order valence-corrected chi connectivity index (χ1v) is 7.26. The zero-order valence-electron chi connectivity index (χ0n) is 11.6. The van der Waals surface area contributed by atoms with Crippen LogP contribution in [0.5, 0.6) is 0 Å². The quantitative estimate of drug-likeness (QED) is 0.824. The van der Waals surface area contributed by atoms with Gasteiger partial charge < -0.3 is 4.90 Å². The van der Waals surface area contributed by atoms with Gasteiger partial charge in [-0.25, -0.2) is 0 Å². The lowest BCUT2D eigenvalue weighted by atomic mass is 10.1. The monoisotopic (exact) mass is 266 g/mol. The standard InChI is InChI=1S/C15H23ClN2/c1-4-9-18-12(2)10-17(11-13(18)3)15-7-5-14(16)6-8-15/h5-8,12-13H,4,9-11H2,1-3H3. The summed E-state index contributed by atoms with van der Waals surface area (Å²) in [6.07, 6.45) is 1.23. The first-order valence-electron chi connectivity index (χ1n) is 6.88. The molecule has 2 unspecified atom stereocenters. The molecular weight excluding hydrogens is 244 g/mol. The summed E-state index contributed by atoms with van der Waals surface area (Å²) in [7, 11) is 0. The van der Waals surface area contributed by atoms with E-state index in [9.17, 15) is 0 Å². The average Bonchev–Trinajstić information content (AvgIpc) is 2.34. The number of nitrogens with zero attached hydrogens (tertiary/aromatic N) is 2. The van der Waals surface area contributed by atoms with Crippen LogP contribution in [0.1, 0.15) is 27.2 Å². The number of piperazine rings is 1. The second kappa shape index (κ2) is 5.94. The van der Waals surface area contributed by atoms with E-state index in [0.717, 1.165) is 18.1 Å². The molecule has 0 amide bonds. The van der Waals surface area contributed by atoms with Crippen LogP contribution >= 0.6 is 11.6 Å². The van der Waals surface area contributed by atoms with Gasteiger partial charge in [0.2, 0.25) is 0 Å². The molecule has 1 aromatic carbocycles. The van der Waals surface area contributed by atoms with Crippen molar-refractivity contribution in [2.45, 2.75) is 39.3 Å². The maximum Gasteiger partial charge on any atom is 0.0407 e. The Labute approximate surface area is 116 Å². The lowest BCUT2D eigenvalue weighted by Gasteiger charge is -2.45. The van der Waals surface area contributed by atoms with Crippen LogP contribution in [-0.2, 0) is 0 Å². The fraction of sp³-hybridized carbons (Fsp3) is 0.600. The summed E-state index contributed by atoms with van der Waals surface area (Å²) in [5, 5.41) is 0.810. The number of halogens is 1. The summed E-state index contributed by atoms with van der Waals surface area (Å²) in [6, 6.07) is 9.43. The molecule has 0 saturated carbocycles. The van der Waals surface area contributed by atoms with Gasteiger partial charge in [-0.1, -0.05) is 18.5 Å². The zero-order valence-corrected chi connectivity index (χ0v) is 12.3. The topological polar surface area (TPSA) is 6.48 Å². The molecule has 0 N–H and O–H groups in total. The fourth-order valence-electron chi connectivity index (χ4n) is 2.92. The van der Waals surface area contributed by atoms with Gasteiger partial charge in [-0.15, -0.1) is 0 Å². The molecule has 1 fully saturated rings. The van der Waals surface area contributed by atoms with Gasteiger partial charge >= 0.3 is 0 Å². The van der Waals surface area contributed by atoms with Crippen LogP contribution in [0.15, 0.2) is 24.3 Å². The highest BCUT2D eigenvalue weighted by Crippen LogP contribution is 2.24. The lowest BCUT2D eigenvalue weighted by molar-refractivity contribution is 0.132. The number of benzene rings is 1. The number of hydrogen-bond donors (Lipinski definition) is 0. The maximum absolute atomic E-state index is 5.95. The Morgan fingerprint density at radius 3 is 2.17 bits per heavy atom. The average molecular weight is 267 g/mol. The fourth-order valence-corrected chi connectivity index (χ4v) is 3.04. The largest absolute Gasteiger partial charge is 0.368 e. The molecule has 2 rings (SSSR count). The van der Waals surface area contributed by atoms with Gasteiger partial charge in [0.05, 0.1) is 0 Å². The van der Waals surface area contributed by atoms with Gasteiger partial charge in [-0.2, -0.15) is 0 Å². The molecule has 18 heavy (non-hydrogen) atoms. The molecular formula is C15H23ClN2. The van der Waals surface area contributed by atoms with Gasteiger partial charge in [0.25, 0.3) is 0 Å². The van der Waals surface area contributed by atoms with E-state index in [-0.39, 0.29) is 0 Å². The van der Waals surface area contributed by atoms with Crippen LogP contribution in [0.25, 0.3) is 0 Å². The Morgan fingerprint density at radius 2 is 1.67 bits per heavy atom. The Kier molecular flexibility index (Phi) is 4.52. The van der Waals surface area contributed by atoms with Crippen molar-refractivity contribution < 1.29 is 0 Å². The number of hydrogen-bond acceptors (Lipinski definition) is 2. The van der Waals surface area contributed by atoms with Crippen LogP contribution in [0.4, 0.5) is 5.69 Å². The molecule has 0 aliphatic carbocycles. The third-order valence-corrected chi connectivity index (χ3v) is 4.03. The van der Waals surface area contributed by atoms with Crippen molar-refractivity contribution in [1.29, 1.82) is 0 Å². The summed E-state index contributed by atoms with van der Waals surface area (Å²) in [5.74, 6) is 0. The highest BCUT2D eigenvalue weighted by molar-refractivity contribution is 6.30. The molecule has 1 heterocycles. The van der Waals surface area contributed by atoms with Gasteiger partial charge in [-0.05, 0) is 51.1 Å². The van der Waals surface area contributed by atoms with E-state index < -0.39 is 0 Å². The first kappa shape index (κ1) is 13.7. The van der Waals surface area contributed by atoms with Crippen molar-refractivity contribution in [3.8, 4) is 0 Å². The second-order valence-corrected chi connectivity index (χ2v) is 5.75. The highest BCUT2D eigenvalue weighted by atomic mass is 35.5. The smallest absolute Gasteiger partial charge is 0.0407 e. The zero-order chi connectivity index (χ0) is 13.1.